The van der Waals surface area contributed by atoms with Gasteiger partial charge in [-0.3, -0.25) is 14.4 Å². The highest BCUT2D eigenvalue weighted by atomic mass is 35.5. The number of carbonyl (C=O) groups is 3. The van der Waals surface area contributed by atoms with Crippen LogP contribution in [-0.4, -0.2) is 65.4 Å². The number of amides is 3. The Morgan fingerprint density at radius 2 is 1.65 bits per heavy atom. The number of piperidine rings is 1. The highest BCUT2D eigenvalue weighted by Gasteiger charge is 2.54. The Labute approximate surface area is 227 Å². The minimum atomic E-state index is -0.791. The van der Waals surface area contributed by atoms with Gasteiger partial charge in [0.1, 0.15) is 12.1 Å². The van der Waals surface area contributed by atoms with Crippen LogP contribution in [0, 0.1) is 0 Å². The molecule has 2 saturated heterocycles. The van der Waals surface area contributed by atoms with Gasteiger partial charge >= 0.3 is 0 Å². The number of halogens is 2. The van der Waals surface area contributed by atoms with Gasteiger partial charge in [0.2, 0.25) is 5.91 Å². The van der Waals surface area contributed by atoms with Crippen LogP contribution in [0.2, 0.25) is 10.0 Å². The monoisotopic (exact) mass is 542 g/mol. The molecule has 0 unspecified atom stereocenters. The molecule has 2 aromatic carbocycles. The molecule has 7 nitrogen and oxygen atoms in total. The molecule has 2 aromatic rings. The number of rotatable bonds is 5. The number of hydrogen-bond acceptors (Lipinski definition) is 4. The largest absolute Gasteiger partial charge is 0.352 e. The molecule has 1 N–H and O–H groups in total. The zero-order valence-corrected chi connectivity index (χ0v) is 22.3. The minimum absolute atomic E-state index is 0.0446. The van der Waals surface area contributed by atoms with Crippen molar-refractivity contribution in [2.75, 3.05) is 31.2 Å². The second-order valence-electron chi connectivity index (χ2n) is 10.3. The van der Waals surface area contributed by atoms with Crippen molar-refractivity contribution in [1.29, 1.82) is 0 Å². The second-order valence-corrected chi connectivity index (χ2v) is 11.1. The van der Waals surface area contributed by atoms with Crippen molar-refractivity contribution in [3.05, 3.63) is 64.1 Å². The van der Waals surface area contributed by atoms with E-state index in [9.17, 15) is 14.4 Å². The summed E-state index contributed by atoms with van der Waals surface area (Å²) < 4.78 is 0. The van der Waals surface area contributed by atoms with Gasteiger partial charge in [-0.1, -0.05) is 60.7 Å². The maximum absolute atomic E-state index is 13.9. The second kappa shape index (κ2) is 10.9. The summed E-state index contributed by atoms with van der Waals surface area (Å²) in [7, 11) is 0. The zero-order chi connectivity index (χ0) is 26.0. The Bertz CT molecular complexity index is 1160. The number of likely N-dealkylation sites (tertiary alicyclic amines) is 1. The average Bonchev–Trinajstić information content (AvgIpc) is 3.17. The third kappa shape index (κ3) is 5.30. The Kier molecular flexibility index (Phi) is 7.63. The van der Waals surface area contributed by atoms with E-state index >= 15 is 0 Å². The number of benzene rings is 2. The molecule has 5 rings (SSSR count). The maximum atomic E-state index is 13.9. The van der Waals surface area contributed by atoms with Crippen LogP contribution in [0.15, 0.2) is 48.5 Å². The van der Waals surface area contributed by atoms with Gasteiger partial charge in [-0.2, -0.15) is 0 Å². The van der Waals surface area contributed by atoms with Crippen LogP contribution in [0.5, 0.6) is 0 Å². The van der Waals surface area contributed by atoms with Crippen LogP contribution in [0.25, 0.3) is 0 Å². The number of para-hydroxylation sites is 1. The summed E-state index contributed by atoms with van der Waals surface area (Å²) in [4.78, 5) is 45.5. The number of carbonyl (C=O) groups excluding carboxylic acids is 3. The first-order chi connectivity index (χ1) is 17.9. The molecule has 9 heteroatoms. The summed E-state index contributed by atoms with van der Waals surface area (Å²) in [5.74, 6) is -0.275. The van der Waals surface area contributed by atoms with Crippen molar-refractivity contribution in [2.24, 2.45) is 0 Å². The summed E-state index contributed by atoms with van der Waals surface area (Å²) >= 11 is 12.1. The molecule has 2 heterocycles. The molecule has 1 spiro atoms. The fourth-order valence-corrected chi connectivity index (χ4v) is 6.21. The van der Waals surface area contributed by atoms with Crippen molar-refractivity contribution in [2.45, 2.75) is 56.5 Å². The van der Waals surface area contributed by atoms with Gasteiger partial charge in [-0.05, 0) is 56.0 Å². The van der Waals surface area contributed by atoms with E-state index in [1.807, 2.05) is 30.3 Å². The topological polar surface area (TPSA) is 73.0 Å². The SMILES string of the molecule is O=C(CN1CN(c2ccccc2)C2(CCN(C(=O)c3ccc(Cl)c(Cl)c3)CC2)C1=O)NC1CCCCC1. The quantitative estimate of drug-likeness (QED) is 0.593. The van der Waals surface area contributed by atoms with Crippen LogP contribution < -0.4 is 10.2 Å². The molecule has 0 radical (unpaired) electrons. The molecule has 3 aliphatic rings. The molecular weight excluding hydrogens is 511 g/mol. The van der Waals surface area contributed by atoms with Gasteiger partial charge in [0, 0.05) is 30.4 Å². The highest BCUT2D eigenvalue weighted by Crippen LogP contribution is 2.40. The van der Waals surface area contributed by atoms with Gasteiger partial charge < -0.3 is 20.0 Å². The summed E-state index contributed by atoms with van der Waals surface area (Å²) in [6, 6.07) is 14.9. The molecule has 0 atom stereocenters. The molecule has 0 aromatic heterocycles. The van der Waals surface area contributed by atoms with Crippen molar-refractivity contribution in [1.82, 2.24) is 15.1 Å². The Hall–Kier alpha value is -2.77. The molecule has 3 fully saturated rings. The van der Waals surface area contributed by atoms with E-state index in [2.05, 4.69) is 10.2 Å². The predicted octanol–water partition coefficient (Wildman–Crippen LogP) is 4.72. The first-order valence-corrected chi connectivity index (χ1v) is 13.8. The van der Waals surface area contributed by atoms with Crippen LogP contribution in [0.4, 0.5) is 5.69 Å². The number of anilines is 1. The fourth-order valence-electron chi connectivity index (χ4n) is 5.91. The maximum Gasteiger partial charge on any atom is 0.253 e. The predicted molar refractivity (Wildman–Crippen MR) is 145 cm³/mol. The summed E-state index contributed by atoms with van der Waals surface area (Å²) in [5, 5.41) is 3.88. The summed E-state index contributed by atoms with van der Waals surface area (Å²) in [5.41, 5.74) is 0.625. The van der Waals surface area contributed by atoms with Crippen LogP contribution in [0.3, 0.4) is 0 Å². The van der Waals surface area contributed by atoms with E-state index in [0.717, 1.165) is 31.4 Å². The van der Waals surface area contributed by atoms with Crippen LogP contribution in [-0.2, 0) is 9.59 Å². The normalized spacial score (nSPS) is 19.9. The van der Waals surface area contributed by atoms with E-state index in [1.165, 1.54) is 6.42 Å². The lowest BCUT2D eigenvalue weighted by atomic mass is 9.85. The third-order valence-corrected chi connectivity index (χ3v) is 8.67. The first-order valence-electron chi connectivity index (χ1n) is 13.0. The molecule has 1 aliphatic carbocycles. The average molecular weight is 543 g/mol. The van der Waals surface area contributed by atoms with E-state index in [0.29, 0.717) is 48.2 Å². The van der Waals surface area contributed by atoms with E-state index < -0.39 is 5.54 Å². The molecule has 1 saturated carbocycles. The summed E-state index contributed by atoms with van der Waals surface area (Å²) in [6.07, 6.45) is 6.45. The van der Waals surface area contributed by atoms with Crippen molar-refractivity contribution < 1.29 is 14.4 Å². The third-order valence-electron chi connectivity index (χ3n) is 7.93. The van der Waals surface area contributed by atoms with E-state index in [-0.39, 0.29) is 30.3 Å². The van der Waals surface area contributed by atoms with E-state index in [4.69, 9.17) is 23.2 Å². The Morgan fingerprint density at radius 3 is 2.32 bits per heavy atom. The van der Waals surface area contributed by atoms with Crippen LogP contribution >= 0.6 is 23.2 Å². The number of nitrogens with zero attached hydrogens (tertiary/aromatic N) is 3. The summed E-state index contributed by atoms with van der Waals surface area (Å²) in [6.45, 7) is 1.25. The molecule has 37 heavy (non-hydrogen) atoms. The lowest BCUT2D eigenvalue weighted by Crippen LogP contribution is -2.57. The van der Waals surface area contributed by atoms with Crippen molar-refractivity contribution in [3.8, 4) is 0 Å². The van der Waals surface area contributed by atoms with Crippen molar-refractivity contribution >= 4 is 46.6 Å². The molecular formula is C28H32Cl2N4O3. The standard InChI is InChI=1S/C28H32Cl2N4O3/c29-23-12-11-20(17-24(23)30)26(36)32-15-13-28(14-16-32)27(37)33(19-34(28)22-9-5-2-6-10-22)18-25(35)31-21-7-3-1-4-8-21/h2,5-6,9-12,17,21H,1,3-4,7-8,13-16,18-19H2,(H,31,35). The van der Waals surface area contributed by atoms with Crippen molar-refractivity contribution in [3.63, 3.8) is 0 Å². The Balaban J connectivity index is 1.31. The zero-order valence-electron chi connectivity index (χ0n) is 20.8. The number of hydrogen-bond donors (Lipinski definition) is 1. The lowest BCUT2D eigenvalue weighted by Gasteiger charge is -2.43. The van der Waals surface area contributed by atoms with Crippen LogP contribution in [0.1, 0.15) is 55.3 Å². The van der Waals surface area contributed by atoms with Gasteiger partial charge in [-0.25, -0.2) is 0 Å². The molecule has 0 bridgehead atoms. The van der Waals surface area contributed by atoms with Gasteiger partial charge in [0.05, 0.1) is 16.7 Å². The lowest BCUT2D eigenvalue weighted by molar-refractivity contribution is -0.137. The van der Waals surface area contributed by atoms with Gasteiger partial charge in [0.15, 0.2) is 0 Å². The number of nitrogens with one attached hydrogen (secondary N) is 1. The first kappa shape index (κ1) is 25.9. The smallest absolute Gasteiger partial charge is 0.253 e. The molecule has 196 valence electrons. The minimum Gasteiger partial charge on any atom is -0.352 e. The van der Waals surface area contributed by atoms with Gasteiger partial charge in [-0.15, -0.1) is 0 Å². The van der Waals surface area contributed by atoms with E-state index in [1.54, 1.807) is 28.0 Å². The highest BCUT2D eigenvalue weighted by molar-refractivity contribution is 6.42. The fraction of sp³-hybridized carbons (Fsp3) is 0.464. The van der Waals surface area contributed by atoms with Gasteiger partial charge in [0.25, 0.3) is 11.8 Å². The molecule has 3 amide bonds. The molecule has 2 aliphatic heterocycles. The Morgan fingerprint density at radius 1 is 0.946 bits per heavy atom.